The summed E-state index contributed by atoms with van der Waals surface area (Å²) in [6, 6.07) is 0.700. The van der Waals surface area contributed by atoms with Crippen molar-refractivity contribution in [1.29, 1.82) is 0 Å². The third-order valence-corrected chi connectivity index (χ3v) is 6.00. The van der Waals surface area contributed by atoms with Crippen LogP contribution >= 0.6 is 0 Å². The fourth-order valence-electron chi connectivity index (χ4n) is 3.82. The van der Waals surface area contributed by atoms with Gasteiger partial charge in [0.05, 0.1) is 24.8 Å². The van der Waals surface area contributed by atoms with Crippen LogP contribution in [-0.4, -0.2) is 89.2 Å². The number of aromatic amines is 2. The van der Waals surface area contributed by atoms with Crippen LogP contribution in [0.2, 0.25) is 0 Å². The number of imidazole rings is 2. The van der Waals surface area contributed by atoms with Crippen LogP contribution in [0.3, 0.4) is 0 Å². The van der Waals surface area contributed by atoms with Crippen molar-refractivity contribution in [3.63, 3.8) is 0 Å². The van der Waals surface area contributed by atoms with Gasteiger partial charge in [0, 0.05) is 43.0 Å². The number of aliphatic hydroxyl groups excluding tert-OH is 1. The van der Waals surface area contributed by atoms with E-state index in [0.29, 0.717) is 17.0 Å². The van der Waals surface area contributed by atoms with Crippen LogP contribution < -0.4 is 21.7 Å². The maximum atomic E-state index is 13.5. The molecule has 0 saturated carbocycles. The Labute approximate surface area is 228 Å². The summed E-state index contributed by atoms with van der Waals surface area (Å²) in [6.45, 7) is 1.20. The first-order valence-corrected chi connectivity index (χ1v) is 12.3. The molecule has 15 heteroatoms. The van der Waals surface area contributed by atoms with Crippen molar-refractivity contribution in [2.24, 2.45) is 5.73 Å². The zero-order valence-electron chi connectivity index (χ0n) is 21.6. The summed E-state index contributed by atoms with van der Waals surface area (Å²) in [4.78, 5) is 64.5. The number of rotatable bonds is 14. The molecule has 3 rings (SSSR count). The Hall–Kier alpha value is -4.76. The number of H-pyrrole nitrogens is 2. The molecule has 3 aromatic rings. The predicted molar refractivity (Wildman–Crippen MR) is 139 cm³/mol. The number of nitrogens with one attached hydrogen (secondary N) is 5. The van der Waals surface area contributed by atoms with Gasteiger partial charge in [-0.2, -0.15) is 0 Å². The molecule has 0 saturated heterocycles. The second kappa shape index (κ2) is 13.9. The number of amides is 3. The predicted octanol–water partition coefficient (Wildman–Crippen LogP) is -1.89. The third-order valence-electron chi connectivity index (χ3n) is 6.00. The Morgan fingerprint density at radius 1 is 0.850 bits per heavy atom. The van der Waals surface area contributed by atoms with Crippen molar-refractivity contribution in [3.8, 4) is 5.75 Å². The number of nitrogens with two attached hydrogens (primary N) is 1. The molecule has 0 aliphatic heterocycles. The fourth-order valence-corrected chi connectivity index (χ4v) is 3.82. The lowest BCUT2D eigenvalue weighted by Gasteiger charge is -2.26. The number of phenolic OH excluding ortho intramolecular Hbond substituents is 1. The first kappa shape index (κ1) is 29.8. The van der Waals surface area contributed by atoms with Gasteiger partial charge in [0.25, 0.3) is 0 Å². The highest BCUT2D eigenvalue weighted by Gasteiger charge is 2.32. The van der Waals surface area contributed by atoms with Gasteiger partial charge in [-0.05, 0) is 24.6 Å². The lowest BCUT2D eigenvalue weighted by atomic mass is 10.0. The van der Waals surface area contributed by atoms with E-state index in [0.717, 1.165) is 0 Å². The maximum Gasteiger partial charge on any atom is 0.328 e. The molecular weight excluding hydrogens is 524 g/mol. The normalized spacial score (nSPS) is 14.8. The number of carboxylic acids is 1. The molecule has 0 aliphatic rings. The van der Waals surface area contributed by atoms with Gasteiger partial charge in [0.2, 0.25) is 17.7 Å². The molecule has 5 unspecified atom stereocenters. The lowest BCUT2D eigenvalue weighted by molar-refractivity contribution is -0.145. The van der Waals surface area contributed by atoms with Crippen LogP contribution in [0.4, 0.5) is 0 Å². The van der Waals surface area contributed by atoms with Gasteiger partial charge in [0.1, 0.15) is 17.8 Å². The highest BCUT2D eigenvalue weighted by molar-refractivity contribution is 5.94. The van der Waals surface area contributed by atoms with Gasteiger partial charge in [-0.1, -0.05) is 12.1 Å². The summed E-state index contributed by atoms with van der Waals surface area (Å²) < 4.78 is 0. The van der Waals surface area contributed by atoms with Crippen molar-refractivity contribution in [2.45, 2.75) is 56.5 Å². The van der Waals surface area contributed by atoms with E-state index in [1.54, 1.807) is 0 Å². The highest BCUT2D eigenvalue weighted by Crippen LogP contribution is 2.12. The van der Waals surface area contributed by atoms with E-state index >= 15 is 0 Å². The molecular formula is C25H32N8O7. The highest BCUT2D eigenvalue weighted by atomic mass is 16.4. The number of carboxylic acid groups (broad SMARTS) is 1. The standard InChI is InChI=1S/C25H32N8O7/c1-13(34)21(25(39)40)33-24(38)19(6-14-2-4-17(35)5-3-14)32-23(37)20(8-16-10-28-12-30-16)31-22(36)18(26)7-15-9-27-11-29-15/h2-5,9-13,18-21,34-35H,6-8,26H2,1H3,(H,27,29)(H,28,30)(H,31,36)(H,32,37)(H,33,38)(H,39,40). The van der Waals surface area contributed by atoms with Gasteiger partial charge in [-0.25, -0.2) is 14.8 Å². The Morgan fingerprint density at radius 3 is 1.90 bits per heavy atom. The number of hydrogen-bond acceptors (Lipinski definition) is 9. The second-order valence-corrected chi connectivity index (χ2v) is 9.23. The van der Waals surface area contributed by atoms with E-state index in [2.05, 4.69) is 35.9 Å². The molecule has 1 aromatic carbocycles. The number of nitrogens with zero attached hydrogens (tertiary/aromatic N) is 2. The molecule has 40 heavy (non-hydrogen) atoms. The summed E-state index contributed by atoms with van der Waals surface area (Å²) >= 11 is 0. The molecule has 0 bridgehead atoms. The van der Waals surface area contributed by atoms with Gasteiger partial charge in [-0.3, -0.25) is 14.4 Å². The summed E-state index contributed by atoms with van der Waals surface area (Å²) in [5, 5.41) is 36.2. The average molecular weight is 557 g/mol. The van der Waals surface area contributed by atoms with Crippen LogP contribution in [0.5, 0.6) is 5.75 Å². The number of carbonyl (C=O) groups excluding carboxylic acids is 3. The maximum absolute atomic E-state index is 13.5. The SMILES string of the molecule is CC(O)C(NC(=O)C(Cc1ccc(O)cc1)NC(=O)C(Cc1cnc[nH]1)NC(=O)C(N)Cc1cnc[nH]1)C(=O)O. The molecule has 2 heterocycles. The summed E-state index contributed by atoms with van der Waals surface area (Å²) in [6.07, 6.45) is 4.44. The van der Waals surface area contributed by atoms with E-state index in [9.17, 15) is 34.5 Å². The number of carbonyl (C=O) groups is 4. The zero-order chi connectivity index (χ0) is 29.2. The summed E-state index contributed by atoms with van der Waals surface area (Å²) in [5.74, 6) is -3.73. The molecule has 0 spiro atoms. The molecule has 5 atom stereocenters. The Balaban J connectivity index is 1.81. The molecule has 2 aromatic heterocycles. The first-order valence-electron chi connectivity index (χ1n) is 12.3. The van der Waals surface area contributed by atoms with E-state index in [1.165, 1.54) is 56.2 Å². The zero-order valence-corrected chi connectivity index (χ0v) is 21.6. The second-order valence-electron chi connectivity index (χ2n) is 9.23. The number of aromatic nitrogens is 4. The number of aliphatic hydroxyl groups is 1. The first-order chi connectivity index (χ1) is 19.0. The van der Waals surface area contributed by atoms with Crippen molar-refractivity contribution in [3.05, 3.63) is 66.3 Å². The number of hydrogen-bond donors (Lipinski definition) is 9. The van der Waals surface area contributed by atoms with Crippen molar-refractivity contribution >= 4 is 23.7 Å². The van der Waals surface area contributed by atoms with Crippen LogP contribution in [-0.2, 0) is 38.4 Å². The van der Waals surface area contributed by atoms with Crippen LogP contribution in [0, 0.1) is 0 Å². The van der Waals surface area contributed by atoms with Crippen LogP contribution in [0.1, 0.15) is 23.9 Å². The number of phenols is 1. The molecule has 3 amide bonds. The van der Waals surface area contributed by atoms with Crippen molar-refractivity contribution in [2.75, 3.05) is 0 Å². The minimum atomic E-state index is -1.63. The van der Waals surface area contributed by atoms with E-state index < -0.39 is 54.0 Å². The minimum Gasteiger partial charge on any atom is -0.508 e. The van der Waals surface area contributed by atoms with E-state index in [1.807, 2.05) is 0 Å². The van der Waals surface area contributed by atoms with Crippen LogP contribution in [0.15, 0.2) is 49.3 Å². The van der Waals surface area contributed by atoms with Crippen molar-refractivity contribution < 1.29 is 34.5 Å². The molecule has 0 fully saturated rings. The average Bonchev–Trinajstić information content (AvgIpc) is 3.61. The number of aromatic hydroxyl groups is 1. The summed E-state index contributed by atoms with van der Waals surface area (Å²) in [5.41, 5.74) is 7.71. The molecule has 0 radical (unpaired) electrons. The van der Waals surface area contributed by atoms with Gasteiger partial charge >= 0.3 is 5.97 Å². The Bertz CT molecular complexity index is 1260. The van der Waals surface area contributed by atoms with Crippen molar-refractivity contribution in [1.82, 2.24) is 35.9 Å². The third kappa shape index (κ3) is 8.64. The largest absolute Gasteiger partial charge is 0.508 e. The Kier molecular flexibility index (Phi) is 10.3. The quantitative estimate of drug-likeness (QED) is 0.107. The molecule has 214 valence electrons. The topological polar surface area (TPSA) is 248 Å². The lowest BCUT2D eigenvalue weighted by Crippen LogP contribution is -2.59. The van der Waals surface area contributed by atoms with E-state index in [4.69, 9.17) is 5.73 Å². The molecule has 10 N–H and O–H groups in total. The Morgan fingerprint density at radius 2 is 1.38 bits per heavy atom. The van der Waals surface area contributed by atoms with Crippen LogP contribution in [0.25, 0.3) is 0 Å². The van der Waals surface area contributed by atoms with E-state index in [-0.39, 0.29) is 25.0 Å². The number of aliphatic carboxylic acids is 1. The summed E-state index contributed by atoms with van der Waals surface area (Å²) in [7, 11) is 0. The smallest absolute Gasteiger partial charge is 0.328 e. The van der Waals surface area contributed by atoms with Gasteiger partial charge in [-0.15, -0.1) is 0 Å². The fraction of sp³-hybridized carbons (Fsp3) is 0.360. The monoisotopic (exact) mass is 556 g/mol. The molecule has 15 nitrogen and oxygen atoms in total. The van der Waals surface area contributed by atoms with Gasteiger partial charge in [0.15, 0.2) is 6.04 Å². The van der Waals surface area contributed by atoms with Gasteiger partial charge < -0.3 is 47.0 Å². The molecule has 0 aliphatic carbocycles. The minimum absolute atomic E-state index is 0.0114. The number of benzene rings is 1.